The highest BCUT2D eigenvalue weighted by Crippen LogP contribution is 2.40. The highest BCUT2D eigenvalue weighted by atomic mass is 32.2. The molecule has 0 aliphatic carbocycles. The first-order valence-electron chi connectivity index (χ1n) is 3.50. The van der Waals surface area contributed by atoms with Crippen molar-refractivity contribution < 1.29 is 9.59 Å². The van der Waals surface area contributed by atoms with Gasteiger partial charge in [-0.25, -0.2) is 0 Å². The Morgan fingerprint density at radius 2 is 1.43 bits per heavy atom. The van der Waals surface area contributed by atoms with E-state index >= 15 is 0 Å². The number of hydrogen-bond acceptors (Lipinski definition) is 7. The summed E-state index contributed by atoms with van der Waals surface area (Å²) in [4.78, 5) is 21.8. The number of thioether (sulfide) groups is 2. The highest BCUT2D eigenvalue weighted by Gasteiger charge is 2.12. The maximum atomic E-state index is 10.9. The van der Waals surface area contributed by atoms with Gasteiger partial charge in [-0.05, 0) is 23.5 Å². The van der Waals surface area contributed by atoms with Gasteiger partial charge in [0.1, 0.15) is 3.14 Å². The second kappa shape index (κ2) is 5.41. The van der Waals surface area contributed by atoms with Crippen molar-refractivity contribution in [2.24, 2.45) is 0 Å². The molecule has 0 unspecified atom stereocenters. The average Bonchev–Trinajstić information content (AvgIpc) is 2.28. The number of carbonyl (C=O) groups excluding carboxylic acids is 2. The number of rotatable bonds is 2. The molecule has 0 aromatic carbocycles. The topological polar surface area (TPSA) is 34.1 Å². The standard InChI is InChI=1S/C7H6O2S5/c1-3(8)11-5-6(12-4(2)9)14-7(10)13-5/h1-2H3. The molecule has 14 heavy (non-hydrogen) atoms. The molecule has 1 aromatic rings. The van der Waals surface area contributed by atoms with Gasteiger partial charge in [-0.15, -0.1) is 22.7 Å². The molecule has 7 heteroatoms. The first-order chi connectivity index (χ1) is 6.49. The summed E-state index contributed by atoms with van der Waals surface area (Å²) in [6, 6.07) is 0. The van der Waals surface area contributed by atoms with E-state index in [1.165, 1.54) is 36.5 Å². The van der Waals surface area contributed by atoms with Crippen LogP contribution in [0.2, 0.25) is 0 Å². The Kier molecular flexibility index (Phi) is 4.78. The Balaban J connectivity index is 2.96. The van der Waals surface area contributed by atoms with Gasteiger partial charge < -0.3 is 0 Å². The van der Waals surface area contributed by atoms with Crippen LogP contribution in [0.3, 0.4) is 0 Å². The molecule has 0 aliphatic rings. The molecular weight excluding hydrogens is 276 g/mol. The number of carbonyl (C=O) groups is 2. The third-order valence-electron chi connectivity index (χ3n) is 0.992. The van der Waals surface area contributed by atoms with Gasteiger partial charge in [-0.2, -0.15) is 0 Å². The minimum atomic E-state index is 0.0134. The van der Waals surface area contributed by atoms with Crippen LogP contribution >= 0.6 is 58.4 Å². The highest BCUT2D eigenvalue weighted by molar-refractivity contribution is 8.18. The molecule has 1 aromatic heterocycles. The monoisotopic (exact) mass is 282 g/mol. The van der Waals surface area contributed by atoms with Crippen molar-refractivity contribution in [1.82, 2.24) is 0 Å². The predicted molar refractivity (Wildman–Crippen MR) is 66.1 cm³/mol. The van der Waals surface area contributed by atoms with E-state index in [0.717, 1.165) is 35.1 Å². The van der Waals surface area contributed by atoms with Crippen molar-refractivity contribution >= 4 is 68.6 Å². The molecule has 2 nitrogen and oxygen atoms in total. The van der Waals surface area contributed by atoms with Crippen LogP contribution in [0.25, 0.3) is 0 Å². The summed E-state index contributed by atoms with van der Waals surface area (Å²) in [5.74, 6) is 0. The van der Waals surface area contributed by atoms with Crippen molar-refractivity contribution in [3.05, 3.63) is 3.14 Å². The van der Waals surface area contributed by atoms with Crippen LogP contribution in [0.4, 0.5) is 0 Å². The minimum absolute atomic E-state index is 0.0134. The molecule has 0 radical (unpaired) electrons. The van der Waals surface area contributed by atoms with E-state index < -0.39 is 0 Å². The molecule has 0 saturated carbocycles. The fourth-order valence-corrected chi connectivity index (χ4v) is 6.14. The molecule has 0 amide bonds. The maximum Gasteiger partial charge on any atom is 0.191 e. The van der Waals surface area contributed by atoms with Crippen molar-refractivity contribution in [3.8, 4) is 0 Å². The predicted octanol–water partition coefficient (Wildman–Crippen LogP) is 3.82. The Hall–Kier alpha value is 0.310. The van der Waals surface area contributed by atoms with Gasteiger partial charge in [0.25, 0.3) is 0 Å². The normalized spacial score (nSPS) is 10.1. The van der Waals surface area contributed by atoms with E-state index in [0.29, 0.717) is 0 Å². The third-order valence-corrected chi connectivity index (χ3v) is 5.97. The minimum Gasteiger partial charge on any atom is -0.287 e. The molecule has 0 aliphatic heterocycles. The molecule has 0 saturated heterocycles. The van der Waals surface area contributed by atoms with Gasteiger partial charge >= 0.3 is 0 Å². The van der Waals surface area contributed by atoms with E-state index in [1.807, 2.05) is 0 Å². The summed E-state index contributed by atoms with van der Waals surface area (Å²) in [7, 11) is 0. The lowest BCUT2D eigenvalue weighted by Gasteiger charge is -1.95. The molecule has 0 atom stereocenters. The van der Waals surface area contributed by atoms with Gasteiger partial charge in [0, 0.05) is 13.8 Å². The zero-order chi connectivity index (χ0) is 10.7. The lowest BCUT2D eigenvalue weighted by Crippen LogP contribution is -1.82. The molecule has 0 bridgehead atoms. The van der Waals surface area contributed by atoms with Crippen LogP contribution in [-0.4, -0.2) is 10.2 Å². The summed E-state index contributed by atoms with van der Waals surface area (Å²) in [5, 5.41) is 0.0268. The zero-order valence-electron chi connectivity index (χ0n) is 7.36. The Morgan fingerprint density at radius 3 is 1.71 bits per heavy atom. The van der Waals surface area contributed by atoms with E-state index in [9.17, 15) is 9.59 Å². The molecule has 0 N–H and O–H groups in total. The van der Waals surface area contributed by atoms with Crippen LogP contribution in [0.15, 0.2) is 8.42 Å². The summed E-state index contributed by atoms with van der Waals surface area (Å²) in [6.07, 6.45) is 0. The van der Waals surface area contributed by atoms with E-state index in [2.05, 4.69) is 0 Å². The molecule has 0 spiro atoms. The van der Waals surface area contributed by atoms with E-state index in [4.69, 9.17) is 12.2 Å². The lowest BCUT2D eigenvalue weighted by molar-refractivity contribution is -0.110. The molecule has 1 heterocycles. The van der Waals surface area contributed by atoms with Gasteiger partial charge in [-0.3, -0.25) is 9.59 Å². The Labute approximate surface area is 103 Å². The largest absolute Gasteiger partial charge is 0.287 e. The van der Waals surface area contributed by atoms with Gasteiger partial charge in [0.2, 0.25) is 0 Å². The van der Waals surface area contributed by atoms with Gasteiger partial charge in [-0.1, -0.05) is 12.2 Å². The second-order valence-electron chi connectivity index (χ2n) is 2.22. The van der Waals surface area contributed by atoms with Crippen LogP contribution in [0.1, 0.15) is 13.8 Å². The maximum absolute atomic E-state index is 10.9. The summed E-state index contributed by atoms with van der Waals surface area (Å²) in [6.45, 7) is 3.00. The van der Waals surface area contributed by atoms with Crippen molar-refractivity contribution in [2.75, 3.05) is 0 Å². The quantitative estimate of drug-likeness (QED) is 0.608. The lowest BCUT2D eigenvalue weighted by atomic mass is 10.9. The van der Waals surface area contributed by atoms with Crippen LogP contribution in [-0.2, 0) is 9.59 Å². The van der Waals surface area contributed by atoms with E-state index in [-0.39, 0.29) is 10.2 Å². The summed E-state index contributed by atoms with van der Waals surface area (Å²) < 4.78 is 2.43. The smallest absolute Gasteiger partial charge is 0.191 e. The van der Waals surface area contributed by atoms with Crippen LogP contribution in [0.5, 0.6) is 0 Å². The SMILES string of the molecule is CC(=O)Sc1sc(=S)sc1SC(C)=O. The fourth-order valence-electron chi connectivity index (χ4n) is 0.642. The van der Waals surface area contributed by atoms with Gasteiger partial charge in [0.15, 0.2) is 10.2 Å². The fraction of sp³-hybridized carbons (Fsp3) is 0.286. The molecule has 76 valence electrons. The number of hydrogen-bond donors (Lipinski definition) is 0. The van der Waals surface area contributed by atoms with Crippen molar-refractivity contribution in [1.29, 1.82) is 0 Å². The second-order valence-corrected chi connectivity index (χ2v) is 8.33. The third kappa shape index (κ3) is 3.82. The summed E-state index contributed by atoms with van der Waals surface area (Å²) in [5.41, 5.74) is 0. The Bertz CT molecular complexity index is 379. The first kappa shape index (κ1) is 12.4. The molecule has 0 fully saturated rings. The van der Waals surface area contributed by atoms with Crippen molar-refractivity contribution in [2.45, 2.75) is 22.3 Å². The molecule has 1 rings (SSSR count). The molecular formula is C7H6O2S5. The van der Waals surface area contributed by atoms with Crippen LogP contribution < -0.4 is 0 Å². The van der Waals surface area contributed by atoms with E-state index in [1.54, 1.807) is 0 Å². The Morgan fingerprint density at radius 1 is 1.07 bits per heavy atom. The average molecular weight is 282 g/mol. The van der Waals surface area contributed by atoms with Crippen molar-refractivity contribution in [3.63, 3.8) is 0 Å². The van der Waals surface area contributed by atoms with Crippen LogP contribution in [0, 0.1) is 3.14 Å². The van der Waals surface area contributed by atoms with Gasteiger partial charge in [0.05, 0.1) is 8.42 Å². The first-order valence-corrected chi connectivity index (χ1v) is 7.17. The summed E-state index contributed by atoms with van der Waals surface area (Å²) >= 11 is 10.1. The zero-order valence-corrected chi connectivity index (χ0v) is 11.4.